The van der Waals surface area contributed by atoms with Crippen LogP contribution in [0.4, 0.5) is 0 Å². The van der Waals surface area contributed by atoms with Crippen molar-refractivity contribution < 1.29 is 0 Å². The molecule has 3 atom stereocenters. The van der Waals surface area contributed by atoms with Gasteiger partial charge < -0.3 is 0 Å². The average molecular weight is 180 g/mol. The summed E-state index contributed by atoms with van der Waals surface area (Å²) < 4.78 is 0. The smallest absolute Gasteiger partial charge is 0.0255 e. The molecule has 3 heterocycles. The van der Waals surface area contributed by atoms with E-state index in [0.717, 1.165) is 18.0 Å². The molecule has 0 aromatic heterocycles. The van der Waals surface area contributed by atoms with Gasteiger partial charge in [0.05, 0.1) is 0 Å². The van der Waals surface area contributed by atoms with Crippen LogP contribution < -0.4 is 0 Å². The first-order chi connectivity index (χ1) is 6.34. The summed E-state index contributed by atoms with van der Waals surface area (Å²) >= 11 is 0. The minimum atomic E-state index is 0.922. The van der Waals surface area contributed by atoms with E-state index in [2.05, 4.69) is 16.7 Å². The van der Waals surface area contributed by atoms with E-state index >= 15 is 0 Å². The molecular weight excluding hydrogens is 160 g/mol. The number of hydrogen-bond acceptors (Lipinski definition) is 2. The van der Waals surface area contributed by atoms with Gasteiger partial charge in [-0.15, -0.1) is 0 Å². The number of piperazine rings is 3. The highest BCUT2D eigenvalue weighted by atomic mass is 15.4. The van der Waals surface area contributed by atoms with E-state index in [1.165, 1.54) is 45.4 Å². The van der Waals surface area contributed by atoms with E-state index in [9.17, 15) is 0 Å². The number of fused-ring (bicyclic) bond motifs is 2. The molecule has 0 amide bonds. The number of hydrogen-bond donors (Lipinski definition) is 0. The first-order valence-corrected chi connectivity index (χ1v) is 5.82. The number of nitrogens with zero attached hydrogens (tertiary/aromatic N) is 2. The van der Waals surface area contributed by atoms with E-state index in [4.69, 9.17) is 0 Å². The maximum atomic E-state index is 2.75. The Balaban J connectivity index is 1.80. The zero-order valence-corrected chi connectivity index (χ0v) is 8.58. The van der Waals surface area contributed by atoms with E-state index in [1.54, 1.807) is 0 Å². The summed E-state index contributed by atoms with van der Waals surface area (Å²) in [6, 6.07) is 1.85. The molecule has 1 aliphatic carbocycles. The zero-order valence-electron chi connectivity index (χ0n) is 8.58. The van der Waals surface area contributed by atoms with Crippen molar-refractivity contribution in [3.63, 3.8) is 0 Å². The molecule has 13 heavy (non-hydrogen) atoms. The molecule has 2 heteroatoms. The summed E-state index contributed by atoms with van der Waals surface area (Å²) in [7, 11) is 0. The Hall–Kier alpha value is -0.0800. The van der Waals surface area contributed by atoms with Gasteiger partial charge >= 0.3 is 0 Å². The summed E-state index contributed by atoms with van der Waals surface area (Å²) in [5.41, 5.74) is 0. The van der Waals surface area contributed by atoms with Gasteiger partial charge in [0.2, 0.25) is 0 Å². The molecule has 2 nitrogen and oxygen atoms in total. The van der Waals surface area contributed by atoms with Crippen LogP contribution in [-0.2, 0) is 0 Å². The van der Waals surface area contributed by atoms with Crippen molar-refractivity contribution in [1.82, 2.24) is 9.80 Å². The lowest BCUT2D eigenvalue weighted by atomic mass is 9.79. The van der Waals surface area contributed by atoms with E-state index in [0.29, 0.717) is 0 Å². The first kappa shape index (κ1) is 8.25. The maximum absolute atomic E-state index is 2.75. The molecule has 0 aromatic rings. The van der Waals surface area contributed by atoms with Crippen molar-refractivity contribution in [2.75, 3.05) is 26.2 Å². The monoisotopic (exact) mass is 180 g/mol. The van der Waals surface area contributed by atoms with Gasteiger partial charge in [-0.25, -0.2) is 0 Å². The van der Waals surface area contributed by atoms with E-state index in [1.807, 2.05) is 0 Å². The molecule has 0 radical (unpaired) electrons. The van der Waals surface area contributed by atoms with Crippen LogP contribution in [0.25, 0.3) is 0 Å². The Kier molecular flexibility index (Phi) is 1.88. The Morgan fingerprint density at radius 3 is 2.15 bits per heavy atom. The van der Waals surface area contributed by atoms with Gasteiger partial charge in [0.1, 0.15) is 0 Å². The lowest BCUT2D eigenvalue weighted by Crippen LogP contribution is -2.67. The van der Waals surface area contributed by atoms with Gasteiger partial charge in [-0.1, -0.05) is 6.92 Å². The van der Waals surface area contributed by atoms with E-state index in [-0.39, 0.29) is 0 Å². The highest BCUT2D eigenvalue weighted by Crippen LogP contribution is 2.35. The Morgan fingerprint density at radius 1 is 0.846 bits per heavy atom. The van der Waals surface area contributed by atoms with Crippen LogP contribution in [0.5, 0.6) is 0 Å². The average Bonchev–Trinajstić information content (AvgIpc) is 2.19. The predicted octanol–water partition coefficient (Wildman–Crippen LogP) is 1.17. The minimum absolute atomic E-state index is 0.922. The second-order valence-electron chi connectivity index (χ2n) is 5.12. The summed E-state index contributed by atoms with van der Waals surface area (Å²) in [5.74, 6) is 0.974. The van der Waals surface area contributed by atoms with Crippen LogP contribution in [0.3, 0.4) is 0 Å². The predicted molar refractivity (Wildman–Crippen MR) is 53.7 cm³/mol. The highest BCUT2D eigenvalue weighted by molar-refractivity contribution is 4.99. The molecule has 3 aliphatic heterocycles. The Morgan fingerprint density at radius 2 is 1.46 bits per heavy atom. The van der Waals surface area contributed by atoms with Crippen LogP contribution >= 0.6 is 0 Å². The van der Waals surface area contributed by atoms with Crippen LogP contribution in [-0.4, -0.2) is 48.1 Å². The third kappa shape index (κ3) is 1.23. The summed E-state index contributed by atoms with van der Waals surface area (Å²) in [5, 5.41) is 0. The topological polar surface area (TPSA) is 6.48 Å². The largest absolute Gasteiger partial charge is 0.296 e. The molecule has 2 bridgehead atoms. The fourth-order valence-electron chi connectivity index (χ4n) is 3.55. The van der Waals surface area contributed by atoms with Crippen molar-refractivity contribution in [3.05, 3.63) is 0 Å². The zero-order chi connectivity index (χ0) is 8.84. The van der Waals surface area contributed by atoms with Gasteiger partial charge in [0.25, 0.3) is 0 Å². The van der Waals surface area contributed by atoms with Crippen molar-refractivity contribution in [2.45, 2.75) is 38.3 Å². The summed E-state index contributed by atoms with van der Waals surface area (Å²) in [4.78, 5) is 5.50. The van der Waals surface area contributed by atoms with Crippen LogP contribution in [0.15, 0.2) is 0 Å². The normalized spacial score (nSPS) is 54.7. The summed E-state index contributed by atoms with van der Waals surface area (Å²) in [6.45, 7) is 7.79. The SMILES string of the molecule is C[C@@H]1CC[C@H]2[C@H](C1)N1CCN2CC1. The van der Waals surface area contributed by atoms with Crippen LogP contribution in [0.2, 0.25) is 0 Å². The molecule has 74 valence electrons. The van der Waals surface area contributed by atoms with Gasteiger partial charge in [0, 0.05) is 38.3 Å². The first-order valence-electron chi connectivity index (χ1n) is 5.82. The molecule has 0 aromatic carbocycles. The number of rotatable bonds is 0. The van der Waals surface area contributed by atoms with Crippen molar-refractivity contribution >= 4 is 0 Å². The third-order valence-electron chi connectivity index (χ3n) is 4.33. The minimum Gasteiger partial charge on any atom is -0.296 e. The van der Waals surface area contributed by atoms with Crippen molar-refractivity contribution in [2.24, 2.45) is 5.92 Å². The molecule has 0 N–H and O–H groups in total. The second kappa shape index (κ2) is 2.96. The van der Waals surface area contributed by atoms with Gasteiger partial charge in [-0.05, 0) is 25.2 Å². The molecule has 0 unspecified atom stereocenters. The van der Waals surface area contributed by atoms with Crippen molar-refractivity contribution in [3.8, 4) is 0 Å². The van der Waals surface area contributed by atoms with Gasteiger partial charge in [-0.2, -0.15) is 0 Å². The molecule has 1 saturated carbocycles. The molecule has 4 aliphatic rings. The molecule has 4 fully saturated rings. The lowest BCUT2D eigenvalue weighted by Gasteiger charge is -2.56. The van der Waals surface area contributed by atoms with Crippen LogP contribution in [0, 0.1) is 5.92 Å². The Labute approximate surface area is 80.9 Å². The fraction of sp³-hybridized carbons (Fsp3) is 1.00. The third-order valence-corrected chi connectivity index (χ3v) is 4.33. The second-order valence-corrected chi connectivity index (χ2v) is 5.12. The maximum Gasteiger partial charge on any atom is 0.0255 e. The van der Waals surface area contributed by atoms with Gasteiger partial charge in [-0.3, -0.25) is 9.80 Å². The molecular formula is C11H20N2. The van der Waals surface area contributed by atoms with Crippen LogP contribution in [0.1, 0.15) is 26.2 Å². The summed E-state index contributed by atoms with van der Waals surface area (Å²) in [6.07, 6.45) is 4.38. The highest BCUT2D eigenvalue weighted by Gasteiger charge is 2.42. The van der Waals surface area contributed by atoms with Crippen molar-refractivity contribution in [1.29, 1.82) is 0 Å². The molecule has 4 rings (SSSR count). The fourth-order valence-corrected chi connectivity index (χ4v) is 3.55. The molecule has 0 spiro atoms. The Bertz CT molecular complexity index is 196. The van der Waals surface area contributed by atoms with E-state index < -0.39 is 0 Å². The standard InChI is InChI=1S/C11H20N2/c1-9-2-3-10-11(8-9)13-6-4-12(10)5-7-13/h9-11H,2-8H2,1H3/t9-,10+,11+/m1/s1. The van der Waals surface area contributed by atoms with Gasteiger partial charge in [0.15, 0.2) is 0 Å². The molecule has 3 saturated heterocycles. The lowest BCUT2D eigenvalue weighted by molar-refractivity contribution is -0.0636. The quantitative estimate of drug-likeness (QED) is 0.552.